The second kappa shape index (κ2) is 9.77. The quantitative estimate of drug-likeness (QED) is 0.677. The molecule has 1 fully saturated rings. The molecular weight excluding hydrogens is 411 g/mol. The van der Waals surface area contributed by atoms with E-state index >= 15 is 0 Å². The summed E-state index contributed by atoms with van der Waals surface area (Å²) in [5, 5.41) is 5.30. The number of hydrogen-bond acceptors (Lipinski definition) is 5. The first-order valence-electron chi connectivity index (χ1n) is 9.55. The van der Waals surface area contributed by atoms with E-state index in [4.69, 9.17) is 0 Å². The fourth-order valence-corrected chi connectivity index (χ4v) is 4.66. The number of amides is 2. The number of pyridine rings is 1. The number of carbonyl (C=O) groups is 2. The molecule has 0 aliphatic carbocycles. The summed E-state index contributed by atoms with van der Waals surface area (Å²) in [5.41, 5.74) is 0.854. The van der Waals surface area contributed by atoms with Gasteiger partial charge in [0.1, 0.15) is 5.82 Å². The molecule has 0 spiro atoms. The van der Waals surface area contributed by atoms with Crippen LogP contribution < -0.4 is 10.6 Å². The van der Waals surface area contributed by atoms with Crippen molar-refractivity contribution in [3.8, 4) is 0 Å². The summed E-state index contributed by atoms with van der Waals surface area (Å²) in [7, 11) is -3.72. The molecule has 1 aliphatic heterocycles. The molecule has 160 valence electrons. The number of benzene rings is 1. The zero-order chi connectivity index (χ0) is 21.6. The molecule has 3 rings (SSSR count). The van der Waals surface area contributed by atoms with Gasteiger partial charge in [0.15, 0.2) is 0 Å². The standard InChI is InChI=1S/C20H23FN4O4S/c21-17-3-5-18(6-4-17)30(28,29)25-10-7-16(8-11-25)20(27)24-14-19(26)23-13-15-2-1-9-22-12-15/h1-6,9,12,16H,7-8,10-11,13-14H2,(H,23,26)(H,24,27). The lowest BCUT2D eigenvalue weighted by molar-refractivity contribution is -0.129. The molecule has 2 heterocycles. The van der Waals surface area contributed by atoms with Crippen molar-refractivity contribution >= 4 is 21.8 Å². The van der Waals surface area contributed by atoms with Crippen LogP contribution in [-0.2, 0) is 26.2 Å². The summed E-state index contributed by atoms with van der Waals surface area (Å²) in [6.07, 6.45) is 3.99. The van der Waals surface area contributed by atoms with E-state index in [1.165, 1.54) is 16.4 Å². The van der Waals surface area contributed by atoms with Crippen LogP contribution in [0.5, 0.6) is 0 Å². The zero-order valence-corrected chi connectivity index (χ0v) is 17.1. The number of rotatable bonds is 7. The Morgan fingerprint density at radius 1 is 1.10 bits per heavy atom. The Balaban J connectivity index is 1.43. The average molecular weight is 434 g/mol. The molecule has 2 amide bonds. The summed E-state index contributed by atoms with van der Waals surface area (Å²) in [5.74, 6) is -1.46. The zero-order valence-electron chi connectivity index (χ0n) is 16.3. The van der Waals surface area contributed by atoms with Crippen LogP contribution >= 0.6 is 0 Å². The van der Waals surface area contributed by atoms with E-state index in [1.54, 1.807) is 18.5 Å². The van der Waals surface area contributed by atoms with Crippen molar-refractivity contribution in [2.75, 3.05) is 19.6 Å². The highest BCUT2D eigenvalue weighted by Gasteiger charge is 2.32. The molecule has 1 saturated heterocycles. The van der Waals surface area contributed by atoms with Gasteiger partial charge in [-0.15, -0.1) is 0 Å². The van der Waals surface area contributed by atoms with E-state index in [-0.39, 0.29) is 42.3 Å². The first-order chi connectivity index (χ1) is 14.4. The second-order valence-corrected chi connectivity index (χ2v) is 8.93. The van der Waals surface area contributed by atoms with Crippen molar-refractivity contribution in [1.29, 1.82) is 0 Å². The summed E-state index contributed by atoms with van der Waals surface area (Å²) >= 11 is 0. The highest BCUT2D eigenvalue weighted by molar-refractivity contribution is 7.89. The maximum Gasteiger partial charge on any atom is 0.243 e. The summed E-state index contributed by atoms with van der Waals surface area (Å²) in [4.78, 5) is 28.2. The smallest absolute Gasteiger partial charge is 0.243 e. The Kier molecular flexibility index (Phi) is 7.11. The fourth-order valence-electron chi connectivity index (χ4n) is 3.19. The Labute approximate surface area is 174 Å². The third kappa shape index (κ3) is 5.61. The SMILES string of the molecule is O=C(CNC(=O)C1CCN(S(=O)(=O)c2ccc(F)cc2)CC1)NCc1cccnc1. The number of hydrogen-bond donors (Lipinski definition) is 2. The van der Waals surface area contributed by atoms with Crippen molar-refractivity contribution in [2.24, 2.45) is 5.92 Å². The largest absolute Gasteiger partial charge is 0.350 e. The number of aromatic nitrogens is 1. The third-order valence-electron chi connectivity index (χ3n) is 4.91. The van der Waals surface area contributed by atoms with Crippen LogP contribution in [0, 0.1) is 11.7 Å². The number of carbonyl (C=O) groups excluding carboxylic acids is 2. The third-order valence-corrected chi connectivity index (χ3v) is 6.82. The molecule has 1 aromatic heterocycles. The normalized spacial score (nSPS) is 15.5. The minimum atomic E-state index is -3.72. The highest BCUT2D eigenvalue weighted by atomic mass is 32.2. The minimum Gasteiger partial charge on any atom is -0.350 e. The number of sulfonamides is 1. The van der Waals surface area contributed by atoms with Crippen LogP contribution in [-0.4, -0.2) is 49.2 Å². The molecule has 0 radical (unpaired) electrons. The molecule has 1 aromatic carbocycles. The van der Waals surface area contributed by atoms with Crippen LogP contribution in [0.1, 0.15) is 18.4 Å². The topological polar surface area (TPSA) is 108 Å². The Morgan fingerprint density at radius 3 is 2.43 bits per heavy atom. The molecular formula is C20H23FN4O4S. The molecule has 10 heteroatoms. The van der Waals surface area contributed by atoms with E-state index < -0.39 is 15.8 Å². The van der Waals surface area contributed by atoms with Crippen molar-refractivity contribution in [3.05, 3.63) is 60.2 Å². The maximum absolute atomic E-state index is 13.0. The summed E-state index contributed by atoms with van der Waals surface area (Å²) in [6.45, 7) is 0.547. The molecule has 0 atom stereocenters. The first-order valence-corrected chi connectivity index (χ1v) is 11.0. The van der Waals surface area contributed by atoms with E-state index in [0.29, 0.717) is 19.4 Å². The molecule has 2 N–H and O–H groups in total. The van der Waals surface area contributed by atoms with Crippen LogP contribution in [0.15, 0.2) is 53.7 Å². The average Bonchev–Trinajstić information content (AvgIpc) is 2.77. The maximum atomic E-state index is 13.0. The van der Waals surface area contributed by atoms with Gasteiger partial charge < -0.3 is 10.6 Å². The minimum absolute atomic E-state index is 0.0251. The van der Waals surface area contributed by atoms with E-state index in [2.05, 4.69) is 15.6 Å². The van der Waals surface area contributed by atoms with Gasteiger partial charge in [0.25, 0.3) is 0 Å². The van der Waals surface area contributed by atoms with Crippen LogP contribution in [0.4, 0.5) is 4.39 Å². The molecule has 0 bridgehead atoms. The van der Waals surface area contributed by atoms with E-state index in [1.807, 2.05) is 6.07 Å². The van der Waals surface area contributed by atoms with Gasteiger partial charge in [-0.25, -0.2) is 12.8 Å². The predicted octanol–water partition coefficient (Wildman–Crippen LogP) is 1.05. The Bertz CT molecular complexity index is 976. The fraction of sp³-hybridized carbons (Fsp3) is 0.350. The lowest BCUT2D eigenvalue weighted by Crippen LogP contribution is -2.45. The van der Waals surface area contributed by atoms with Gasteiger partial charge in [0.2, 0.25) is 21.8 Å². The van der Waals surface area contributed by atoms with Gasteiger partial charge in [0, 0.05) is 37.9 Å². The number of nitrogens with zero attached hydrogens (tertiary/aromatic N) is 2. The van der Waals surface area contributed by atoms with Crippen LogP contribution in [0.25, 0.3) is 0 Å². The molecule has 0 saturated carbocycles. The van der Waals surface area contributed by atoms with Crippen molar-refractivity contribution in [2.45, 2.75) is 24.3 Å². The van der Waals surface area contributed by atoms with Crippen molar-refractivity contribution in [3.63, 3.8) is 0 Å². The predicted molar refractivity (Wildman–Crippen MR) is 107 cm³/mol. The monoisotopic (exact) mass is 434 g/mol. The summed E-state index contributed by atoms with van der Waals surface area (Å²) in [6, 6.07) is 8.27. The Morgan fingerprint density at radius 2 is 1.80 bits per heavy atom. The molecule has 30 heavy (non-hydrogen) atoms. The van der Waals surface area contributed by atoms with Gasteiger partial charge in [0.05, 0.1) is 11.4 Å². The number of nitrogens with one attached hydrogen (secondary N) is 2. The van der Waals surface area contributed by atoms with Crippen LogP contribution in [0.2, 0.25) is 0 Å². The van der Waals surface area contributed by atoms with E-state index in [9.17, 15) is 22.4 Å². The van der Waals surface area contributed by atoms with Crippen molar-refractivity contribution in [1.82, 2.24) is 19.9 Å². The Hall–Kier alpha value is -2.85. The highest BCUT2D eigenvalue weighted by Crippen LogP contribution is 2.24. The van der Waals surface area contributed by atoms with Crippen LogP contribution in [0.3, 0.4) is 0 Å². The van der Waals surface area contributed by atoms with Gasteiger partial charge >= 0.3 is 0 Å². The van der Waals surface area contributed by atoms with Gasteiger partial charge in [-0.2, -0.15) is 4.31 Å². The van der Waals surface area contributed by atoms with E-state index in [0.717, 1.165) is 17.7 Å². The van der Waals surface area contributed by atoms with Crippen molar-refractivity contribution < 1.29 is 22.4 Å². The lowest BCUT2D eigenvalue weighted by Gasteiger charge is -2.30. The first kappa shape index (κ1) is 21.8. The number of halogens is 1. The van der Waals surface area contributed by atoms with Gasteiger partial charge in [-0.1, -0.05) is 6.07 Å². The molecule has 8 nitrogen and oxygen atoms in total. The summed E-state index contributed by atoms with van der Waals surface area (Å²) < 4.78 is 39.6. The molecule has 2 aromatic rings. The van der Waals surface area contributed by atoms with Gasteiger partial charge in [-0.3, -0.25) is 14.6 Å². The molecule has 1 aliphatic rings. The van der Waals surface area contributed by atoms with Gasteiger partial charge in [-0.05, 0) is 48.7 Å². The second-order valence-electron chi connectivity index (χ2n) is 6.99. The number of piperidine rings is 1. The molecule has 0 unspecified atom stereocenters. The lowest BCUT2D eigenvalue weighted by atomic mass is 9.97.